The number of amides is 1. The van der Waals surface area contributed by atoms with E-state index in [9.17, 15) is 18.0 Å². The third-order valence-corrected chi connectivity index (χ3v) is 5.25. The Bertz CT molecular complexity index is 876. The summed E-state index contributed by atoms with van der Waals surface area (Å²) in [7, 11) is 0. The number of nitrogens with one attached hydrogen (secondary N) is 1. The SMILES string of the molecule is O=C(NCc1cccc(OCC(F)(F)F)c1)c1cnc(-c2cccs2)s1. The molecule has 2 heterocycles. The number of rotatable bonds is 6. The molecule has 26 heavy (non-hydrogen) atoms. The molecule has 3 aromatic rings. The zero-order valence-electron chi connectivity index (χ0n) is 13.2. The van der Waals surface area contributed by atoms with E-state index in [1.807, 2.05) is 17.5 Å². The Kier molecular flexibility index (Phi) is 5.58. The maximum atomic E-state index is 12.2. The molecule has 1 N–H and O–H groups in total. The summed E-state index contributed by atoms with van der Waals surface area (Å²) < 4.78 is 41.3. The van der Waals surface area contributed by atoms with E-state index in [1.165, 1.54) is 29.7 Å². The van der Waals surface area contributed by atoms with Crippen LogP contribution in [0.3, 0.4) is 0 Å². The van der Waals surface area contributed by atoms with Crippen molar-refractivity contribution in [3.05, 3.63) is 58.4 Å². The van der Waals surface area contributed by atoms with E-state index >= 15 is 0 Å². The van der Waals surface area contributed by atoms with Crippen LogP contribution in [0, 0.1) is 0 Å². The van der Waals surface area contributed by atoms with Crippen LogP contribution >= 0.6 is 22.7 Å². The molecule has 0 saturated heterocycles. The van der Waals surface area contributed by atoms with Crippen LogP contribution in [-0.4, -0.2) is 23.7 Å². The van der Waals surface area contributed by atoms with E-state index in [-0.39, 0.29) is 18.2 Å². The van der Waals surface area contributed by atoms with Crippen LogP contribution in [0.25, 0.3) is 9.88 Å². The number of hydrogen-bond acceptors (Lipinski definition) is 5. The van der Waals surface area contributed by atoms with Gasteiger partial charge in [-0.2, -0.15) is 13.2 Å². The van der Waals surface area contributed by atoms with Crippen molar-refractivity contribution in [3.63, 3.8) is 0 Å². The lowest BCUT2D eigenvalue weighted by Gasteiger charge is -2.10. The fraction of sp³-hybridized carbons (Fsp3) is 0.176. The minimum absolute atomic E-state index is 0.104. The molecule has 9 heteroatoms. The van der Waals surface area contributed by atoms with Crippen molar-refractivity contribution in [1.29, 1.82) is 0 Å². The van der Waals surface area contributed by atoms with Crippen LogP contribution in [0.1, 0.15) is 15.2 Å². The maximum absolute atomic E-state index is 12.2. The summed E-state index contributed by atoms with van der Waals surface area (Å²) >= 11 is 2.83. The Morgan fingerprint density at radius 3 is 2.81 bits per heavy atom. The molecule has 0 fully saturated rings. The highest BCUT2D eigenvalue weighted by atomic mass is 32.1. The van der Waals surface area contributed by atoms with Gasteiger partial charge in [-0.1, -0.05) is 18.2 Å². The molecule has 0 spiro atoms. The van der Waals surface area contributed by atoms with Crippen LogP contribution in [0.15, 0.2) is 48.0 Å². The number of alkyl halides is 3. The lowest BCUT2D eigenvalue weighted by atomic mass is 10.2. The first-order valence-electron chi connectivity index (χ1n) is 7.47. The molecule has 136 valence electrons. The van der Waals surface area contributed by atoms with E-state index in [2.05, 4.69) is 10.3 Å². The summed E-state index contributed by atoms with van der Waals surface area (Å²) in [6.45, 7) is -1.18. The molecule has 0 bridgehead atoms. The Balaban J connectivity index is 1.58. The second-order valence-corrected chi connectivity index (χ2v) is 7.22. The third-order valence-electron chi connectivity index (χ3n) is 3.22. The Hall–Kier alpha value is -2.39. The molecular formula is C17H13F3N2O2S2. The molecule has 2 aromatic heterocycles. The number of thiazole rings is 1. The van der Waals surface area contributed by atoms with Crippen molar-refractivity contribution >= 4 is 28.6 Å². The molecule has 0 saturated carbocycles. The van der Waals surface area contributed by atoms with Crippen molar-refractivity contribution in [2.45, 2.75) is 12.7 Å². The molecule has 3 rings (SSSR count). The van der Waals surface area contributed by atoms with Gasteiger partial charge in [-0.3, -0.25) is 4.79 Å². The first-order valence-corrected chi connectivity index (χ1v) is 9.17. The van der Waals surface area contributed by atoms with Crippen LogP contribution in [0.4, 0.5) is 13.2 Å². The van der Waals surface area contributed by atoms with Gasteiger partial charge in [-0.15, -0.1) is 22.7 Å². The minimum Gasteiger partial charge on any atom is -0.484 e. The van der Waals surface area contributed by atoms with Crippen molar-refractivity contribution in [2.24, 2.45) is 0 Å². The smallest absolute Gasteiger partial charge is 0.422 e. The Labute approximate surface area is 155 Å². The zero-order valence-corrected chi connectivity index (χ0v) is 14.9. The van der Waals surface area contributed by atoms with Gasteiger partial charge in [0, 0.05) is 6.54 Å². The topological polar surface area (TPSA) is 51.2 Å². The number of benzene rings is 1. The number of carbonyl (C=O) groups is 1. The van der Waals surface area contributed by atoms with Crippen LogP contribution < -0.4 is 10.1 Å². The van der Waals surface area contributed by atoms with Gasteiger partial charge in [-0.25, -0.2) is 4.98 Å². The van der Waals surface area contributed by atoms with Gasteiger partial charge in [0.2, 0.25) is 0 Å². The minimum atomic E-state index is -4.39. The van der Waals surface area contributed by atoms with Gasteiger partial charge in [-0.05, 0) is 29.1 Å². The fourth-order valence-electron chi connectivity index (χ4n) is 2.07. The number of ether oxygens (including phenoxy) is 1. The van der Waals surface area contributed by atoms with Crippen molar-refractivity contribution < 1.29 is 22.7 Å². The first kappa shape index (κ1) is 18.4. The predicted octanol–water partition coefficient (Wildman–Crippen LogP) is 4.74. The van der Waals surface area contributed by atoms with Crippen molar-refractivity contribution in [1.82, 2.24) is 10.3 Å². The molecule has 0 radical (unpaired) electrons. The van der Waals surface area contributed by atoms with Gasteiger partial charge >= 0.3 is 6.18 Å². The van der Waals surface area contributed by atoms with E-state index in [0.717, 1.165) is 9.88 Å². The summed E-state index contributed by atoms with van der Waals surface area (Å²) in [6.07, 6.45) is -2.88. The molecule has 0 unspecified atom stereocenters. The van der Waals surface area contributed by atoms with Crippen LogP contribution in [0.2, 0.25) is 0 Å². The van der Waals surface area contributed by atoms with Crippen LogP contribution in [-0.2, 0) is 6.54 Å². The fourth-order valence-corrected chi connectivity index (χ4v) is 3.71. The molecular weight excluding hydrogens is 385 g/mol. The van der Waals surface area contributed by atoms with Crippen LogP contribution in [0.5, 0.6) is 5.75 Å². The summed E-state index contributed by atoms with van der Waals surface area (Å²) in [4.78, 5) is 17.9. The average molecular weight is 398 g/mol. The van der Waals surface area contributed by atoms with Gasteiger partial charge in [0.05, 0.1) is 11.1 Å². The van der Waals surface area contributed by atoms with E-state index < -0.39 is 12.8 Å². The van der Waals surface area contributed by atoms with Gasteiger partial charge < -0.3 is 10.1 Å². The standard InChI is InChI=1S/C17H13F3N2O2S2/c18-17(19,20)10-24-12-4-1-3-11(7-12)8-21-15(23)14-9-22-16(26-14)13-5-2-6-25-13/h1-7,9H,8,10H2,(H,21,23). The van der Waals surface area contributed by atoms with Gasteiger partial charge in [0.15, 0.2) is 6.61 Å². The Morgan fingerprint density at radius 1 is 1.23 bits per heavy atom. The Morgan fingerprint density at radius 2 is 2.08 bits per heavy atom. The molecule has 0 aliphatic heterocycles. The predicted molar refractivity (Wildman–Crippen MR) is 94.6 cm³/mol. The molecule has 0 aliphatic rings. The second-order valence-electron chi connectivity index (χ2n) is 5.24. The summed E-state index contributed by atoms with van der Waals surface area (Å²) in [5.41, 5.74) is 0.640. The molecule has 1 aromatic carbocycles. The number of halogens is 3. The third kappa shape index (κ3) is 5.06. The van der Waals surface area contributed by atoms with Gasteiger partial charge in [0.1, 0.15) is 15.6 Å². The van der Waals surface area contributed by atoms with Gasteiger partial charge in [0.25, 0.3) is 5.91 Å². The highest BCUT2D eigenvalue weighted by molar-refractivity contribution is 7.21. The first-order chi connectivity index (χ1) is 12.4. The highest BCUT2D eigenvalue weighted by Gasteiger charge is 2.28. The number of aromatic nitrogens is 1. The van der Waals surface area contributed by atoms with E-state index in [4.69, 9.17) is 4.74 Å². The monoisotopic (exact) mass is 398 g/mol. The average Bonchev–Trinajstić information content (AvgIpc) is 3.28. The molecule has 0 aliphatic carbocycles. The zero-order chi connectivity index (χ0) is 18.6. The quantitative estimate of drug-likeness (QED) is 0.652. The maximum Gasteiger partial charge on any atom is 0.422 e. The highest BCUT2D eigenvalue weighted by Crippen LogP contribution is 2.28. The largest absolute Gasteiger partial charge is 0.484 e. The number of carbonyl (C=O) groups excluding carboxylic acids is 1. The van der Waals surface area contributed by atoms with E-state index in [0.29, 0.717) is 10.4 Å². The molecule has 1 amide bonds. The summed E-state index contributed by atoms with van der Waals surface area (Å²) in [6, 6.07) is 10.0. The summed E-state index contributed by atoms with van der Waals surface area (Å²) in [5.74, 6) is -0.182. The molecule has 0 atom stereocenters. The summed E-state index contributed by atoms with van der Waals surface area (Å²) in [5, 5.41) is 5.44. The van der Waals surface area contributed by atoms with Crippen molar-refractivity contribution in [2.75, 3.05) is 6.61 Å². The van der Waals surface area contributed by atoms with Crippen molar-refractivity contribution in [3.8, 4) is 15.6 Å². The lowest BCUT2D eigenvalue weighted by Crippen LogP contribution is -2.22. The second kappa shape index (κ2) is 7.88. The number of hydrogen-bond donors (Lipinski definition) is 1. The molecule has 4 nitrogen and oxygen atoms in total. The normalized spacial score (nSPS) is 11.3. The van der Waals surface area contributed by atoms with E-state index in [1.54, 1.807) is 23.5 Å². The lowest BCUT2D eigenvalue weighted by molar-refractivity contribution is -0.153. The number of nitrogens with zero attached hydrogens (tertiary/aromatic N) is 1. The number of thiophene rings is 1.